The molecule has 0 aliphatic rings. The molecule has 0 bridgehead atoms. The fraction of sp³-hybridized carbons (Fsp3) is 0.611. The van der Waals surface area contributed by atoms with Gasteiger partial charge in [-0.25, -0.2) is 0 Å². The smallest absolute Gasteiger partial charge is 0.189 e. The molecule has 15 nitrogen and oxygen atoms in total. The first kappa shape index (κ1) is 33.0. The van der Waals surface area contributed by atoms with Crippen molar-refractivity contribution in [2.75, 3.05) is 19.8 Å². The number of aliphatic hydroxyl groups excluding tert-OH is 11. The van der Waals surface area contributed by atoms with Crippen LogP contribution in [0.3, 0.4) is 0 Å². The summed E-state index contributed by atoms with van der Waals surface area (Å²) in [6.07, 6.45) is -11.5. The van der Waals surface area contributed by atoms with Crippen LogP contribution in [0.2, 0.25) is 0 Å². The standard InChI is InChI=1S/2C6H12O6.C6H6O3/c2*7-1-3(9)5(11)6(12)4(10)2-8;7-3-5-1-2-6(4-8)9-5/h3,5-9,11-12H,1-2H2;1,3-6,8-12H,2H2;1-3,8H,4H2/t3-,5-,6-;3-,4+,5+,6+;/m10./s1. The van der Waals surface area contributed by atoms with Crippen LogP contribution in [-0.2, 0) is 16.2 Å². The third kappa shape index (κ3) is 12.6. The second-order valence-electron chi connectivity index (χ2n) is 6.25. The summed E-state index contributed by atoms with van der Waals surface area (Å²) in [5.74, 6) is -0.342. The topological polar surface area (TPSA) is 287 Å². The first-order chi connectivity index (χ1) is 15.4. The van der Waals surface area contributed by atoms with E-state index in [9.17, 15) is 14.4 Å². The summed E-state index contributed by atoms with van der Waals surface area (Å²) in [5, 5.41) is 95.0. The number of carbonyl (C=O) groups is 3. The van der Waals surface area contributed by atoms with E-state index in [1.165, 1.54) is 6.07 Å². The van der Waals surface area contributed by atoms with Gasteiger partial charge in [0.25, 0.3) is 0 Å². The van der Waals surface area contributed by atoms with Crippen LogP contribution in [0.4, 0.5) is 0 Å². The van der Waals surface area contributed by atoms with Gasteiger partial charge in [0.05, 0.1) is 13.2 Å². The van der Waals surface area contributed by atoms with Gasteiger partial charge in [-0.1, -0.05) is 0 Å². The van der Waals surface area contributed by atoms with Crippen LogP contribution in [0.15, 0.2) is 16.5 Å². The molecule has 1 heterocycles. The normalized spacial score (nSPS) is 16.9. The van der Waals surface area contributed by atoms with Gasteiger partial charge in [-0.3, -0.25) is 9.59 Å². The summed E-state index contributed by atoms with van der Waals surface area (Å²) < 4.78 is 4.76. The minimum atomic E-state index is -1.86. The number of aliphatic hydroxyl groups is 11. The molecule has 1 aromatic heterocycles. The average molecular weight is 486 g/mol. The second kappa shape index (κ2) is 18.3. The Morgan fingerprint density at radius 1 is 0.818 bits per heavy atom. The van der Waals surface area contributed by atoms with Crippen LogP contribution in [0.1, 0.15) is 16.3 Å². The highest BCUT2D eigenvalue weighted by molar-refractivity contribution is 5.84. The predicted octanol–water partition coefficient (Wildman–Crippen LogP) is -6.17. The van der Waals surface area contributed by atoms with Gasteiger partial charge in [-0.05, 0) is 12.1 Å². The fourth-order valence-electron chi connectivity index (χ4n) is 1.76. The van der Waals surface area contributed by atoms with Crippen molar-refractivity contribution in [2.24, 2.45) is 0 Å². The van der Waals surface area contributed by atoms with Gasteiger partial charge in [0, 0.05) is 0 Å². The molecule has 0 amide bonds. The monoisotopic (exact) mass is 486 g/mol. The van der Waals surface area contributed by atoms with E-state index in [1.807, 2.05) is 0 Å². The number of Topliss-reactive ketones (excluding diaryl/α,β-unsaturated/α-hetero) is 1. The maximum Gasteiger partial charge on any atom is 0.189 e. The molecule has 33 heavy (non-hydrogen) atoms. The van der Waals surface area contributed by atoms with Crippen molar-refractivity contribution >= 4 is 18.4 Å². The van der Waals surface area contributed by atoms with E-state index in [0.717, 1.165) is 0 Å². The number of carbonyl (C=O) groups excluding carboxylic acids is 3. The molecule has 0 spiro atoms. The van der Waals surface area contributed by atoms with Crippen molar-refractivity contribution in [2.45, 2.75) is 49.3 Å². The number of furan rings is 1. The Labute approximate surface area is 187 Å². The van der Waals surface area contributed by atoms with Gasteiger partial charge in [0.1, 0.15) is 61.7 Å². The Kier molecular flexibility index (Phi) is 18.3. The van der Waals surface area contributed by atoms with Crippen molar-refractivity contribution in [3.8, 4) is 0 Å². The van der Waals surface area contributed by atoms with Gasteiger partial charge in [-0.15, -0.1) is 0 Å². The van der Waals surface area contributed by atoms with Gasteiger partial charge < -0.3 is 65.4 Å². The van der Waals surface area contributed by atoms with Crippen LogP contribution in [-0.4, -0.2) is 137 Å². The molecule has 0 aliphatic heterocycles. The molecular weight excluding hydrogens is 456 g/mol. The fourth-order valence-corrected chi connectivity index (χ4v) is 1.76. The molecule has 0 unspecified atom stereocenters. The van der Waals surface area contributed by atoms with Crippen LogP contribution in [0, 0.1) is 0 Å². The second-order valence-corrected chi connectivity index (χ2v) is 6.25. The molecular formula is C18H30O15. The van der Waals surface area contributed by atoms with Crippen LogP contribution in [0.5, 0.6) is 0 Å². The zero-order valence-electron chi connectivity index (χ0n) is 17.2. The number of hydrogen-bond donors (Lipinski definition) is 11. The summed E-state index contributed by atoms with van der Waals surface area (Å²) >= 11 is 0. The van der Waals surface area contributed by atoms with Crippen molar-refractivity contribution in [3.05, 3.63) is 23.7 Å². The SMILES string of the molecule is O=C(CO)[C@@H](O)[C@H](O)[C@H](O)CO.O=C[C@H](O)[C@@H](O)[C@H](O)[C@H](O)CO.O=Cc1ccc(CO)o1. The van der Waals surface area contributed by atoms with Crippen molar-refractivity contribution in [1.29, 1.82) is 0 Å². The minimum absolute atomic E-state index is 0.0258. The molecule has 0 aromatic carbocycles. The number of ketones is 1. The molecule has 1 rings (SSSR count). The van der Waals surface area contributed by atoms with Gasteiger partial charge >= 0.3 is 0 Å². The average Bonchev–Trinajstić information content (AvgIpc) is 3.34. The Balaban J connectivity index is 0. The van der Waals surface area contributed by atoms with E-state index in [0.29, 0.717) is 12.0 Å². The van der Waals surface area contributed by atoms with E-state index >= 15 is 0 Å². The quantitative estimate of drug-likeness (QED) is 0.122. The highest BCUT2D eigenvalue weighted by atomic mass is 16.4. The van der Waals surface area contributed by atoms with E-state index in [2.05, 4.69) is 0 Å². The number of rotatable bonds is 12. The summed E-state index contributed by atoms with van der Waals surface area (Å²) in [7, 11) is 0. The van der Waals surface area contributed by atoms with Crippen LogP contribution in [0.25, 0.3) is 0 Å². The first-order valence-electron chi connectivity index (χ1n) is 9.17. The molecule has 192 valence electrons. The third-order valence-corrected chi connectivity index (χ3v) is 3.77. The maximum absolute atomic E-state index is 10.5. The van der Waals surface area contributed by atoms with Crippen LogP contribution >= 0.6 is 0 Å². The largest absolute Gasteiger partial charge is 0.456 e. The number of hydrogen-bond acceptors (Lipinski definition) is 15. The lowest BCUT2D eigenvalue weighted by molar-refractivity contribution is -0.142. The van der Waals surface area contributed by atoms with Crippen LogP contribution < -0.4 is 0 Å². The molecule has 0 saturated heterocycles. The van der Waals surface area contributed by atoms with Crippen molar-refractivity contribution < 1.29 is 75.0 Å². The highest BCUT2D eigenvalue weighted by Gasteiger charge is 2.30. The molecule has 1 aromatic rings. The molecule has 0 aliphatic carbocycles. The van der Waals surface area contributed by atoms with Crippen molar-refractivity contribution in [1.82, 2.24) is 0 Å². The molecule has 7 atom stereocenters. The maximum atomic E-state index is 10.5. The molecule has 0 radical (unpaired) electrons. The van der Waals surface area contributed by atoms with E-state index < -0.39 is 68.3 Å². The van der Waals surface area contributed by atoms with Gasteiger partial charge in [0.15, 0.2) is 24.1 Å². The highest BCUT2D eigenvalue weighted by Crippen LogP contribution is 2.04. The predicted molar refractivity (Wildman–Crippen MR) is 104 cm³/mol. The van der Waals surface area contributed by atoms with Gasteiger partial charge in [-0.2, -0.15) is 0 Å². The molecule has 15 heteroatoms. The first-order valence-corrected chi connectivity index (χ1v) is 9.17. The Bertz CT molecular complexity index is 663. The lowest BCUT2D eigenvalue weighted by Gasteiger charge is -2.22. The molecule has 11 N–H and O–H groups in total. The molecule has 0 saturated carbocycles. The molecule has 0 fully saturated rings. The van der Waals surface area contributed by atoms with Crippen molar-refractivity contribution in [3.63, 3.8) is 0 Å². The Hall–Kier alpha value is -2.15. The summed E-state index contributed by atoms with van der Waals surface area (Å²) in [6.45, 7) is -2.61. The summed E-state index contributed by atoms with van der Waals surface area (Å²) in [6, 6.07) is 3.07. The number of aldehydes is 2. The summed E-state index contributed by atoms with van der Waals surface area (Å²) in [4.78, 5) is 30.4. The Morgan fingerprint density at radius 3 is 1.67 bits per heavy atom. The zero-order valence-corrected chi connectivity index (χ0v) is 17.2. The summed E-state index contributed by atoms with van der Waals surface area (Å²) in [5.41, 5.74) is 0. The van der Waals surface area contributed by atoms with E-state index in [-0.39, 0.29) is 18.7 Å². The lowest BCUT2D eigenvalue weighted by atomic mass is 10.0. The van der Waals surface area contributed by atoms with Gasteiger partial charge in [0.2, 0.25) is 0 Å². The minimum Gasteiger partial charge on any atom is -0.456 e. The third-order valence-electron chi connectivity index (χ3n) is 3.77. The van der Waals surface area contributed by atoms with E-state index in [4.69, 9.17) is 60.6 Å². The van der Waals surface area contributed by atoms with E-state index in [1.54, 1.807) is 6.07 Å². The zero-order chi connectivity index (χ0) is 26.1. The lowest BCUT2D eigenvalue weighted by Crippen LogP contribution is -2.46. The Morgan fingerprint density at radius 2 is 1.33 bits per heavy atom.